The van der Waals surface area contributed by atoms with Crippen molar-refractivity contribution >= 4 is 51.2 Å². The molecule has 0 aliphatic rings. The fraction of sp³-hybridized carbons (Fsp3) is 0.0588. The number of amides is 1. The lowest BCUT2D eigenvalue weighted by Gasteiger charge is -2.08. The highest BCUT2D eigenvalue weighted by molar-refractivity contribution is 14.1. The topological polar surface area (TPSA) is 81.2 Å². The smallest absolute Gasteiger partial charge is 0.340 e. The number of hydrogen-bond acceptors (Lipinski definition) is 5. The molecular weight excluding hydrogens is 421 g/mol. The van der Waals surface area contributed by atoms with Crippen LogP contribution in [0.25, 0.3) is 11.0 Å². The summed E-state index contributed by atoms with van der Waals surface area (Å²) in [4.78, 5) is 32.3. The highest BCUT2D eigenvalue weighted by atomic mass is 127. The fourth-order valence-electron chi connectivity index (χ4n) is 2.10. The number of ether oxygens (including phenoxy) is 1. The SMILES string of the molecule is O=C(COC(=O)c1cccc2nccnc12)Nc1ccc(I)cc1. The number of anilines is 1. The third kappa shape index (κ3) is 3.85. The molecule has 0 spiro atoms. The third-order valence-electron chi connectivity index (χ3n) is 3.18. The van der Waals surface area contributed by atoms with Gasteiger partial charge in [-0.1, -0.05) is 6.07 Å². The van der Waals surface area contributed by atoms with Gasteiger partial charge < -0.3 is 10.1 Å². The number of nitrogens with zero attached hydrogens (tertiary/aromatic N) is 2. The monoisotopic (exact) mass is 433 g/mol. The van der Waals surface area contributed by atoms with Crippen molar-refractivity contribution in [2.24, 2.45) is 0 Å². The summed E-state index contributed by atoms with van der Waals surface area (Å²) in [6.07, 6.45) is 3.05. The van der Waals surface area contributed by atoms with E-state index in [1.54, 1.807) is 36.5 Å². The molecule has 2 aromatic carbocycles. The minimum Gasteiger partial charge on any atom is -0.452 e. The molecule has 0 saturated carbocycles. The van der Waals surface area contributed by atoms with Crippen molar-refractivity contribution in [2.75, 3.05) is 11.9 Å². The van der Waals surface area contributed by atoms with E-state index in [2.05, 4.69) is 37.9 Å². The van der Waals surface area contributed by atoms with Crippen molar-refractivity contribution in [1.82, 2.24) is 9.97 Å². The largest absolute Gasteiger partial charge is 0.452 e. The predicted molar refractivity (Wildman–Crippen MR) is 97.6 cm³/mol. The maximum Gasteiger partial charge on any atom is 0.340 e. The second-order valence-corrected chi connectivity index (χ2v) is 6.11. The maximum atomic E-state index is 12.2. The number of nitrogens with one attached hydrogen (secondary N) is 1. The molecule has 120 valence electrons. The van der Waals surface area contributed by atoms with E-state index in [1.165, 1.54) is 6.20 Å². The van der Waals surface area contributed by atoms with E-state index in [-0.39, 0.29) is 12.2 Å². The van der Waals surface area contributed by atoms with Gasteiger partial charge in [0.05, 0.1) is 11.1 Å². The van der Waals surface area contributed by atoms with E-state index < -0.39 is 11.9 Å². The molecule has 1 N–H and O–H groups in total. The number of para-hydroxylation sites is 1. The molecule has 0 unspecified atom stereocenters. The number of benzene rings is 2. The highest BCUT2D eigenvalue weighted by Crippen LogP contribution is 2.15. The Morgan fingerprint density at radius 3 is 2.58 bits per heavy atom. The summed E-state index contributed by atoms with van der Waals surface area (Å²) >= 11 is 2.18. The average Bonchev–Trinajstić information content (AvgIpc) is 2.61. The number of rotatable bonds is 4. The minimum absolute atomic E-state index is 0.280. The molecule has 0 aliphatic heterocycles. The molecule has 6 nitrogen and oxygen atoms in total. The van der Waals surface area contributed by atoms with Crippen LogP contribution in [0.5, 0.6) is 0 Å². The van der Waals surface area contributed by atoms with Crippen LogP contribution >= 0.6 is 22.6 Å². The molecule has 3 aromatic rings. The lowest BCUT2D eigenvalue weighted by atomic mass is 10.2. The zero-order valence-corrected chi connectivity index (χ0v) is 14.6. The van der Waals surface area contributed by atoms with Crippen molar-refractivity contribution in [3.63, 3.8) is 0 Å². The Labute approximate surface area is 151 Å². The number of fused-ring (bicyclic) bond motifs is 1. The van der Waals surface area contributed by atoms with Crippen LogP contribution in [0.2, 0.25) is 0 Å². The van der Waals surface area contributed by atoms with E-state index >= 15 is 0 Å². The minimum atomic E-state index is -0.612. The molecule has 0 atom stereocenters. The normalized spacial score (nSPS) is 10.4. The fourth-order valence-corrected chi connectivity index (χ4v) is 2.46. The van der Waals surface area contributed by atoms with Gasteiger partial charge in [0.25, 0.3) is 5.91 Å². The molecule has 1 amide bonds. The van der Waals surface area contributed by atoms with Gasteiger partial charge in [-0.3, -0.25) is 14.8 Å². The Hall–Kier alpha value is -2.55. The zero-order chi connectivity index (χ0) is 16.9. The van der Waals surface area contributed by atoms with Crippen LogP contribution in [-0.4, -0.2) is 28.5 Å². The maximum absolute atomic E-state index is 12.2. The average molecular weight is 433 g/mol. The molecule has 0 radical (unpaired) electrons. The molecule has 1 aromatic heterocycles. The summed E-state index contributed by atoms with van der Waals surface area (Å²) in [5.41, 5.74) is 1.97. The summed E-state index contributed by atoms with van der Waals surface area (Å²) in [5, 5.41) is 2.67. The van der Waals surface area contributed by atoms with Crippen LogP contribution in [0.3, 0.4) is 0 Å². The molecule has 7 heteroatoms. The van der Waals surface area contributed by atoms with Crippen molar-refractivity contribution in [2.45, 2.75) is 0 Å². The third-order valence-corrected chi connectivity index (χ3v) is 3.90. The molecule has 24 heavy (non-hydrogen) atoms. The second kappa shape index (κ2) is 7.35. The number of esters is 1. The number of hydrogen-bond donors (Lipinski definition) is 1. The Kier molecular flexibility index (Phi) is 4.99. The van der Waals surface area contributed by atoms with Crippen LogP contribution in [0.1, 0.15) is 10.4 Å². The molecule has 1 heterocycles. The zero-order valence-electron chi connectivity index (χ0n) is 12.4. The molecule has 3 rings (SSSR count). The Balaban J connectivity index is 1.64. The van der Waals surface area contributed by atoms with Gasteiger partial charge in [-0.2, -0.15) is 0 Å². The van der Waals surface area contributed by atoms with Crippen LogP contribution in [0, 0.1) is 3.57 Å². The Bertz CT molecular complexity index is 892. The first-order valence-electron chi connectivity index (χ1n) is 7.06. The van der Waals surface area contributed by atoms with Crippen molar-refractivity contribution in [3.8, 4) is 0 Å². The van der Waals surface area contributed by atoms with E-state index in [0.29, 0.717) is 16.7 Å². The lowest BCUT2D eigenvalue weighted by Crippen LogP contribution is -2.21. The van der Waals surface area contributed by atoms with Gasteiger partial charge in [0, 0.05) is 21.7 Å². The number of carbonyl (C=O) groups excluding carboxylic acids is 2. The summed E-state index contributed by atoms with van der Waals surface area (Å²) in [6.45, 7) is -0.374. The first kappa shape index (κ1) is 16.3. The number of aromatic nitrogens is 2. The van der Waals surface area contributed by atoms with Crippen molar-refractivity contribution < 1.29 is 14.3 Å². The first-order valence-corrected chi connectivity index (χ1v) is 8.13. The number of carbonyl (C=O) groups is 2. The molecule has 0 aliphatic carbocycles. The predicted octanol–water partition coefficient (Wildman–Crippen LogP) is 3.03. The van der Waals surface area contributed by atoms with Gasteiger partial charge in [0.15, 0.2) is 6.61 Å². The van der Waals surface area contributed by atoms with Gasteiger partial charge >= 0.3 is 5.97 Å². The molecule has 0 saturated heterocycles. The standard InChI is InChI=1S/C17H12IN3O3/c18-11-4-6-12(7-5-11)21-15(22)10-24-17(23)13-2-1-3-14-16(13)20-9-8-19-14/h1-9H,10H2,(H,21,22). The van der Waals surface area contributed by atoms with Gasteiger partial charge in [-0.05, 0) is 59.0 Å². The van der Waals surface area contributed by atoms with E-state index in [9.17, 15) is 9.59 Å². The summed E-state index contributed by atoms with van der Waals surface area (Å²) in [7, 11) is 0. The van der Waals surface area contributed by atoms with E-state index in [1.807, 2.05) is 12.1 Å². The van der Waals surface area contributed by atoms with Crippen LogP contribution in [-0.2, 0) is 9.53 Å². The van der Waals surface area contributed by atoms with E-state index in [4.69, 9.17) is 4.74 Å². The Morgan fingerprint density at radius 1 is 1.04 bits per heavy atom. The van der Waals surface area contributed by atoms with Crippen molar-refractivity contribution in [1.29, 1.82) is 0 Å². The van der Waals surface area contributed by atoms with Crippen molar-refractivity contribution in [3.05, 3.63) is 64.0 Å². The summed E-state index contributed by atoms with van der Waals surface area (Å²) < 4.78 is 6.14. The summed E-state index contributed by atoms with van der Waals surface area (Å²) in [6, 6.07) is 12.3. The van der Waals surface area contributed by atoms with Gasteiger partial charge in [0.2, 0.25) is 0 Å². The quantitative estimate of drug-likeness (QED) is 0.506. The molecule has 0 fully saturated rings. The van der Waals surface area contributed by atoms with Gasteiger partial charge in [-0.25, -0.2) is 4.79 Å². The Morgan fingerprint density at radius 2 is 1.79 bits per heavy atom. The highest BCUT2D eigenvalue weighted by Gasteiger charge is 2.14. The van der Waals surface area contributed by atoms with Gasteiger partial charge in [-0.15, -0.1) is 0 Å². The number of halogens is 1. The van der Waals surface area contributed by atoms with E-state index in [0.717, 1.165) is 3.57 Å². The molecule has 0 bridgehead atoms. The van der Waals surface area contributed by atoms with Crippen LogP contribution in [0.4, 0.5) is 5.69 Å². The summed E-state index contributed by atoms with van der Waals surface area (Å²) in [5.74, 6) is -1.02. The molecular formula is C17H12IN3O3. The van der Waals surface area contributed by atoms with Crippen LogP contribution in [0.15, 0.2) is 54.9 Å². The van der Waals surface area contributed by atoms with Crippen LogP contribution < -0.4 is 5.32 Å². The van der Waals surface area contributed by atoms with Gasteiger partial charge in [0.1, 0.15) is 5.52 Å². The first-order chi connectivity index (χ1) is 11.6. The second-order valence-electron chi connectivity index (χ2n) is 4.86. The lowest BCUT2D eigenvalue weighted by molar-refractivity contribution is -0.119.